The number of hydrogen-bond acceptors (Lipinski definition) is 2. The van der Waals surface area contributed by atoms with Crippen LogP contribution >= 0.6 is 0 Å². The van der Waals surface area contributed by atoms with Crippen LogP contribution in [0.2, 0.25) is 0 Å². The van der Waals surface area contributed by atoms with E-state index in [1.165, 1.54) is 58.3 Å². The normalized spacial score (nSPS) is 11.5. The molecule has 0 aromatic heterocycles. The van der Waals surface area contributed by atoms with Crippen molar-refractivity contribution < 1.29 is 26.3 Å². The minimum atomic E-state index is -0.672. The van der Waals surface area contributed by atoms with E-state index >= 15 is 26.3 Å². The summed E-state index contributed by atoms with van der Waals surface area (Å²) in [4.78, 5) is 3.07. The highest BCUT2D eigenvalue weighted by Gasteiger charge is 2.28. The summed E-state index contributed by atoms with van der Waals surface area (Å²) in [5.74, 6) is -3.59. The first-order valence-electron chi connectivity index (χ1n) is 24.1. The Kier molecular flexibility index (Phi) is 11.5. The van der Waals surface area contributed by atoms with Crippen molar-refractivity contribution in [1.82, 2.24) is 0 Å². The first-order valence-corrected chi connectivity index (χ1v) is 24.1. The van der Waals surface area contributed by atoms with Crippen molar-refractivity contribution in [2.75, 3.05) is 9.80 Å². The molecule has 0 N–H and O–H groups in total. The fourth-order valence-corrected chi connectivity index (χ4v) is 10.3. The zero-order valence-electron chi connectivity index (χ0n) is 39.9. The summed E-state index contributed by atoms with van der Waals surface area (Å²) in [6.07, 6.45) is 0. The maximum absolute atomic E-state index is 16.8. The molecule has 74 heavy (non-hydrogen) atoms. The SMILES string of the molecule is Cc1ccc(F)c(N(c2cc(-c3cc(-c4ccccc4)ccc3F)ccc2F)c2ccc3ccc4c(N(c5cc(C)ccc5F)c5cc(-c6cc(-c7ccccc7)ccc6F)ccc5F)ccc5ccc2c3c54)c1. The molecule has 358 valence electrons. The van der Waals surface area contributed by atoms with E-state index in [0.29, 0.717) is 33.3 Å². The lowest BCUT2D eigenvalue weighted by Crippen LogP contribution is -2.15. The van der Waals surface area contributed by atoms with E-state index in [1.807, 2.05) is 123 Å². The van der Waals surface area contributed by atoms with Gasteiger partial charge in [0, 0.05) is 21.9 Å². The average molecular weight is 977 g/mol. The minimum absolute atomic E-state index is 0.0190. The Morgan fingerprint density at radius 2 is 0.595 bits per heavy atom. The van der Waals surface area contributed by atoms with Crippen molar-refractivity contribution in [2.24, 2.45) is 0 Å². The highest BCUT2D eigenvalue weighted by atomic mass is 19.1. The molecule has 0 saturated heterocycles. The van der Waals surface area contributed by atoms with Gasteiger partial charge in [0.05, 0.1) is 34.1 Å². The monoisotopic (exact) mass is 976 g/mol. The fraction of sp³-hybridized carbons (Fsp3) is 0.0303. The molecule has 0 atom stereocenters. The molecule has 0 aliphatic heterocycles. The van der Waals surface area contributed by atoms with Gasteiger partial charge >= 0.3 is 0 Å². The van der Waals surface area contributed by atoms with Crippen LogP contribution in [-0.4, -0.2) is 0 Å². The average Bonchev–Trinajstić information content (AvgIpc) is 3.43. The van der Waals surface area contributed by atoms with Gasteiger partial charge in [-0.2, -0.15) is 0 Å². The van der Waals surface area contributed by atoms with Gasteiger partial charge in [-0.25, -0.2) is 26.3 Å². The van der Waals surface area contributed by atoms with Crippen molar-refractivity contribution in [3.63, 3.8) is 0 Å². The molecule has 0 radical (unpaired) electrons. The fourth-order valence-electron chi connectivity index (χ4n) is 10.3. The molecule has 8 heteroatoms. The molecule has 2 nitrogen and oxygen atoms in total. The van der Waals surface area contributed by atoms with Crippen molar-refractivity contribution in [1.29, 1.82) is 0 Å². The van der Waals surface area contributed by atoms with Gasteiger partial charge in [-0.15, -0.1) is 0 Å². The van der Waals surface area contributed by atoms with Crippen molar-refractivity contribution in [3.8, 4) is 44.5 Å². The maximum atomic E-state index is 16.8. The van der Waals surface area contributed by atoms with Crippen LogP contribution in [0, 0.1) is 48.8 Å². The molecule has 0 heterocycles. The maximum Gasteiger partial charge on any atom is 0.147 e. The highest BCUT2D eigenvalue weighted by Crippen LogP contribution is 2.50. The Morgan fingerprint density at radius 3 is 1.00 bits per heavy atom. The predicted octanol–water partition coefficient (Wildman–Crippen LogP) is 19.6. The number of benzene rings is 12. The third kappa shape index (κ3) is 8.05. The largest absolute Gasteiger partial charge is 0.304 e. The Balaban J connectivity index is 1.07. The molecule has 0 bridgehead atoms. The van der Waals surface area contributed by atoms with Gasteiger partial charge in [0.2, 0.25) is 0 Å². The molecule has 0 aliphatic carbocycles. The Morgan fingerprint density at radius 1 is 0.257 bits per heavy atom. The molecule has 12 aromatic carbocycles. The summed E-state index contributed by atoms with van der Waals surface area (Å²) in [6.45, 7) is 3.65. The topological polar surface area (TPSA) is 6.48 Å². The summed E-state index contributed by atoms with van der Waals surface area (Å²) in [5.41, 5.74) is 6.91. The zero-order valence-corrected chi connectivity index (χ0v) is 39.9. The van der Waals surface area contributed by atoms with Crippen molar-refractivity contribution in [2.45, 2.75) is 13.8 Å². The molecular weight excluding hydrogens is 935 g/mol. The van der Waals surface area contributed by atoms with Crippen molar-refractivity contribution in [3.05, 3.63) is 264 Å². The third-order valence-electron chi connectivity index (χ3n) is 13.9. The van der Waals surface area contributed by atoms with Gasteiger partial charge < -0.3 is 9.80 Å². The van der Waals surface area contributed by atoms with E-state index in [-0.39, 0.29) is 33.9 Å². The molecular formula is C66H42F6N2. The third-order valence-corrected chi connectivity index (χ3v) is 13.9. The number of anilines is 6. The van der Waals surface area contributed by atoms with E-state index in [1.54, 1.807) is 60.7 Å². The number of rotatable bonds is 10. The van der Waals surface area contributed by atoms with Crippen LogP contribution in [0.15, 0.2) is 218 Å². The summed E-state index contributed by atoms with van der Waals surface area (Å²) in [5, 5.41) is 4.30. The smallest absolute Gasteiger partial charge is 0.147 e. The van der Waals surface area contributed by atoms with Crippen LogP contribution in [-0.2, 0) is 0 Å². The van der Waals surface area contributed by atoms with Crippen molar-refractivity contribution >= 4 is 66.4 Å². The first kappa shape index (κ1) is 46.0. The number of aryl methyl sites for hydroxylation is 2. The Bertz CT molecular complexity index is 3870. The highest BCUT2D eigenvalue weighted by molar-refractivity contribution is 6.28. The predicted molar refractivity (Wildman–Crippen MR) is 290 cm³/mol. The number of hydrogen-bond donors (Lipinski definition) is 0. The van der Waals surface area contributed by atoms with E-state index in [4.69, 9.17) is 0 Å². The molecule has 0 amide bonds. The summed E-state index contributed by atoms with van der Waals surface area (Å²) in [6, 6.07) is 61.7. The van der Waals surface area contributed by atoms with Crippen LogP contribution in [0.25, 0.3) is 76.8 Å². The van der Waals surface area contributed by atoms with Crippen LogP contribution in [0.4, 0.5) is 60.5 Å². The molecule has 0 spiro atoms. The van der Waals surface area contributed by atoms with E-state index in [2.05, 4.69) is 0 Å². The van der Waals surface area contributed by atoms with E-state index < -0.39 is 34.9 Å². The van der Waals surface area contributed by atoms with Crippen LogP contribution in [0.1, 0.15) is 11.1 Å². The van der Waals surface area contributed by atoms with Gasteiger partial charge in [0.15, 0.2) is 0 Å². The van der Waals surface area contributed by atoms with Crippen LogP contribution in [0.3, 0.4) is 0 Å². The molecule has 0 fully saturated rings. The molecule has 0 saturated carbocycles. The van der Waals surface area contributed by atoms with Gasteiger partial charge in [-0.3, -0.25) is 0 Å². The summed E-state index contributed by atoms with van der Waals surface area (Å²) < 4.78 is 98.7. The van der Waals surface area contributed by atoms with Gasteiger partial charge in [0.1, 0.15) is 34.9 Å². The second-order valence-electron chi connectivity index (χ2n) is 18.6. The Hall–Kier alpha value is -9.14. The summed E-state index contributed by atoms with van der Waals surface area (Å²) >= 11 is 0. The Labute approximate surface area is 423 Å². The lowest BCUT2D eigenvalue weighted by molar-refractivity contribution is 0.618. The molecule has 0 aliphatic rings. The zero-order chi connectivity index (χ0) is 50.8. The lowest BCUT2D eigenvalue weighted by atomic mass is 9.91. The lowest BCUT2D eigenvalue weighted by Gasteiger charge is -2.30. The van der Waals surface area contributed by atoms with E-state index in [0.717, 1.165) is 54.9 Å². The van der Waals surface area contributed by atoms with E-state index in [9.17, 15) is 0 Å². The molecule has 0 unspecified atom stereocenters. The second-order valence-corrected chi connectivity index (χ2v) is 18.6. The number of halogens is 6. The summed E-state index contributed by atoms with van der Waals surface area (Å²) in [7, 11) is 0. The first-order chi connectivity index (χ1) is 36.0. The van der Waals surface area contributed by atoms with Gasteiger partial charge in [0.25, 0.3) is 0 Å². The number of nitrogens with zero attached hydrogens (tertiary/aromatic N) is 2. The molecule has 12 rings (SSSR count). The van der Waals surface area contributed by atoms with Crippen LogP contribution < -0.4 is 9.80 Å². The molecule has 12 aromatic rings. The van der Waals surface area contributed by atoms with Gasteiger partial charge in [-0.1, -0.05) is 133 Å². The standard InChI is InChI=1S/C66H42F6N2/c1-39-13-25-55(69)61(33-39)73(63-37-47(19-29-57(63)71)51-35-45(17-27-53(51)67)41-9-5-3-6-10-41)59-31-21-43-16-24-50-60(32-22-44-15-23-49(59)65(43)66(44)50)74(62-34-40(2)14-26-56(62)70)64-38-48(20-30-58(64)72)52-36-46(18-28-54(52)68)42-11-7-4-8-12-42/h3-38H,1-2H3. The minimum Gasteiger partial charge on any atom is -0.304 e. The van der Waals surface area contributed by atoms with Gasteiger partial charge in [-0.05, 0) is 165 Å². The van der Waals surface area contributed by atoms with Crippen LogP contribution in [0.5, 0.6) is 0 Å². The quantitative estimate of drug-likeness (QED) is 0.0995. The second kappa shape index (κ2) is 18.5.